The SMILES string of the molecule is CCC(O)(Cc1ccccc1)N(CC(C)C)S(=O)(=O)c1ccc2nc(N)sc2c1. The summed E-state index contributed by atoms with van der Waals surface area (Å²) in [4.78, 5) is 4.32. The summed E-state index contributed by atoms with van der Waals surface area (Å²) >= 11 is 1.25. The van der Waals surface area contributed by atoms with E-state index < -0.39 is 15.7 Å². The van der Waals surface area contributed by atoms with Crippen LogP contribution in [0.5, 0.6) is 0 Å². The Morgan fingerprint density at radius 1 is 1.21 bits per heavy atom. The summed E-state index contributed by atoms with van der Waals surface area (Å²) in [6.45, 7) is 5.89. The number of aromatic nitrogens is 1. The molecule has 0 radical (unpaired) electrons. The molecule has 0 fully saturated rings. The van der Waals surface area contributed by atoms with E-state index in [-0.39, 0.29) is 30.2 Å². The highest BCUT2D eigenvalue weighted by molar-refractivity contribution is 7.89. The van der Waals surface area contributed by atoms with E-state index in [2.05, 4.69) is 4.98 Å². The molecule has 3 rings (SSSR count). The van der Waals surface area contributed by atoms with Crippen molar-refractivity contribution in [2.45, 2.75) is 44.2 Å². The lowest BCUT2D eigenvalue weighted by Crippen LogP contribution is -2.54. The second kappa shape index (κ2) is 8.39. The highest BCUT2D eigenvalue weighted by Crippen LogP contribution is 2.33. The van der Waals surface area contributed by atoms with Gasteiger partial charge in [0.25, 0.3) is 0 Å². The average Bonchev–Trinajstić information content (AvgIpc) is 3.05. The van der Waals surface area contributed by atoms with E-state index in [0.717, 1.165) is 5.56 Å². The molecule has 0 saturated carbocycles. The van der Waals surface area contributed by atoms with E-state index in [0.29, 0.717) is 15.3 Å². The van der Waals surface area contributed by atoms with Crippen molar-refractivity contribution in [1.29, 1.82) is 0 Å². The van der Waals surface area contributed by atoms with Crippen molar-refractivity contribution < 1.29 is 13.5 Å². The zero-order valence-electron chi connectivity index (χ0n) is 16.9. The number of nitrogens with zero attached hydrogens (tertiary/aromatic N) is 2. The second-order valence-electron chi connectivity index (χ2n) is 7.61. The number of sulfonamides is 1. The second-order valence-corrected chi connectivity index (χ2v) is 10.5. The largest absolute Gasteiger partial charge is 0.375 e. The molecule has 2 aromatic carbocycles. The number of anilines is 1. The highest BCUT2D eigenvalue weighted by Gasteiger charge is 2.42. The van der Waals surface area contributed by atoms with Gasteiger partial charge in [-0.25, -0.2) is 13.4 Å². The third-order valence-electron chi connectivity index (χ3n) is 4.86. The fourth-order valence-electron chi connectivity index (χ4n) is 3.35. The number of rotatable bonds is 8. The Morgan fingerprint density at radius 2 is 1.90 bits per heavy atom. The van der Waals surface area contributed by atoms with E-state index in [4.69, 9.17) is 5.73 Å². The number of hydrogen-bond acceptors (Lipinski definition) is 6. The normalized spacial score (nSPS) is 14.6. The molecule has 1 aromatic heterocycles. The summed E-state index contributed by atoms with van der Waals surface area (Å²) in [7, 11) is -3.95. The summed E-state index contributed by atoms with van der Waals surface area (Å²) in [6, 6.07) is 14.2. The zero-order valence-corrected chi connectivity index (χ0v) is 18.5. The third kappa shape index (κ3) is 4.61. The Morgan fingerprint density at radius 3 is 2.52 bits per heavy atom. The topological polar surface area (TPSA) is 96.5 Å². The number of thiazole rings is 1. The van der Waals surface area contributed by atoms with Gasteiger partial charge in [0, 0.05) is 13.0 Å². The minimum Gasteiger partial charge on any atom is -0.375 e. The standard InChI is InChI=1S/C21H27N3O3S2/c1-4-21(25,13-16-8-6-5-7-9-16)24(14-15(2)3)29(26,27)17-10-11-18-19(12-17)28-20(22)23-18/h5-12,15,25H,4,13-14H2,1-3H3,(H2,22,23). The summed E-state index contributed by atoms with van der Waals surface area (Å²) < 4.78 is 29.2. The molecule has 156 valence electrons. The number of nitrogen functional groups attached to an aromatic ring is 1. The molecular formula is C21H27N3O3S2. The van der Waals surface area contributed by atoms with Crippen molar-refractivity contribution in [2.24, 2.45) is 5.92 Å². The molecule has 0 amide bonds. The fourth-order valence-corrected chi connectivity index (χ4v) is 6.09. The van der Waals surface area contributed by atoms with Gasteiger partial charge in [0.05, 0.1) is 15.1 Å². The van der Waals surface area contributed by atoms with E-state index in [1.807, 2.05) is 44.2 Å². The zero-order chi connectivity index (χ0) is 21.2. The van der Waals surface area contributed by atoms with Crippen LogP contribution in [0.15, 0.2) is 53.4 Å². The molecular weight excluding hydrogens is 406 g/mol. The lowest BCUT2D eigenvalue weighted by molar-refractivity contribution is -0.0674. The van der Waals surface area contributed by atoms with Crippen LogP contribution < -0.4 is 5.73 Å². The van der Waals surface area contributed by atoms with Crippen LogP contribution in [0.25, 0.3) is 10.2 Å². The number of benzene rings is 2. The number of fused-ring (bicyclic) bond motifs is 1. The summed E-state index contributed by atoms with van der Waals surface area (Å²) in [5, 5.41) is 11.9. The van der Waals surface area contributed by atoms with E-state index in [1.165, 1.54) is 21.7 Å². The monoisotopic (exact) mass is 433 g/mol. The Hall–Kier alpha value is -2.00. The predicted molar refractivity (Wildman–Crippen MR) is 118 cm³/mol. The molecule has 1 atom stereocenters. The van der Waals surface area contributed by atoms with E-state index in [1.54, 1.807) is 19.1 Å². The van der Waals surface area contributed by atoms with Gasteiger partial charge in [-0.15, -0.1) is 0 Å². The van der Waals surface area contributed by atoms with Gasteiger partial charge >= 0.3 is 0 Å². The van der Waals surface area contributed by atoms with Crippen molar-refractivity contribution in [1.82, 2.24) is 9.29 Å². The van der Waals surface area contributed by atoms with Gasteiger partial charge in [0.2, 0.25) is 10.0 Å². The maximum Gasteiger partial charge on any atom is 0.245 e. The molecule has 3 N–H and O–H groups in total. The van der Waals surface area contributed by atoms with Crippen molar-refractivity contribution in [2.75, 3.05) is 12.3 Å². The quantitative estimate of drug-likeness (QED) is 0.526. The highest BCUT2D eigenvalue weighted by atomic mass is 32.2. The first-order valence-corrected chi connectivity index (χ1v) is 11.9. The molecule has 1 heterocycles. The summed E-state index contributed by atoms with van der Waals surface area (Å²) in [6.07, 6.45) is 0.482. The van der Waals surface area contributed by atoms with Crippen molar-refractivity contribution >= 4 is 36.7 Å². The lowest BCUT2D eigenvalue weighted by atomic mass is 9.99. The Balaban J connectivity index is 2.06. The Labute approximate surface area is 176 Å². The predicted octanol–water partition coefficient (Wildman–Crippen LogP) is 3.87. The van der Waals surface area contributed by atoms with Crippen LogP contribution in [0, 0.1) is 5.92 Å². The van der Waals surface area contributed by atoms with Gasteiger partial charge in [0.1, 0.15) is 5.72 Å². The van der Waals surface area contributed by atoms with Gasteiger partial charge in [-0.05, 0) is 36.1 Å². The number of hydrogen-bond donors (Lipinski definition) is 2. The minimum atomic E-state index is -3.95. The van der Waals surface area contributed by atoms with Crippen molar-refractivity contribution in [3.63, 3.8) is 0 Å². The minimum absolute atomic E-state index is 0.0430. The first kappa shape index (κ1) is 21.7. The van der Waals surface area contributed by atoms with Gasteiger partial charge in [-0.1, -0.05) is 62.4 Å². The number of aliphatic hydroxyl groups is 1. The Kier molecular flexibility index (Phi) is 6.28. The van der Waals surface area contributed by atoms with E-state index in [9.17, 15) is 13.5 Å². The molecule has 1 unspecified atom stereocenters. The van der Waals surface area contributed by atoms with Crippen LogP contribution in [-0.4, -0.2) is 35.1 Å². The van der Waals surface area contributed by atoms with E-state index >= 15 is 0 Å². The first-order chi connectivity index (χ1) is 13.7. The Bertz CT molecular complexity index is 1080. The molecule has 0 bridgehead atoms. The molecule has 0 aliphatic heterocycles. The van der Waals surface area contributed by atoms with Gasteiger partial charge < -0.3 is 10.8 Å². The lowest BCUT2D eigenvalue weighted by Gasteiger charge is -2.39. The molecule has 0 saturated heterocycles. The smallest absolute Gasteiger partial charge is 0.245 e. The summed E-state index contributed by atoms with van der Waals surface area (Å²) in [5.41, 5.74) is 5.77. The third-order valence-corrected chi connectivity index (χ3v) is 7.62. The van der Waals surface area contributed by atoms with Crippen LogP contribution in [0.1, 0.15) is 32.8 Å². The summed E-state index contributed by atoms with van der Waals surface area (Å²) in [5.74, 6) is 0.0430. The first-order valence-electron chi connectivity index (χ1n) is 9.61. The van der Waals surface area contributed by atoms with Crippen LogP contribution >= 0.6 is 11.3 Å². The molecule has 0 aliphatic carbocycles. The molecule has 0 spiro atoms. The van der Waals surface area contributed by atoms with Crippen molar-refractivity contribution in [3.8, 4) is 0 Å². The molecule has 29 heavy (non-hydrogen) atoms. The van der Waals surface area contributed by atoms with Gasteiger partial charge in [-0.3, -0.25) is 0 Å². The van der Waals surface area contributed by atoms with Crippen molar-refractivity contribution in [3.05, 3.63) is 54.1 Å². The average molecular weight is 434 g/mol. The van der Waals surface area contributed by atoms with Crippen LogP contribution in [-0.2, 0) is 16.4 Å². The van der Waals surface area contributed by atoms with Gasteiger partial charge in [0.15, 0.2) is 5.13 Å². The fraction of sp³-hybridized carbons (Fsp3) is 0.381. The molecule has 3 aromatic rings. The maximum absolute atomic E-state index is 13.6. The number of nitrogens with two attached hydrogens (primary N) is 1. The van der Waals surface area contributed by atoms with Crippen LogP contribution in [0.2, 0.25) is 0 Å². The maximum atomic E-state index is 13.6. The van der Waals surface area contributed by atoms with Gasteiger partial charge in [-0.2, -0.15) is 4.31 Å². The van der Waals surface area contributed by atoms with Crippen LogP contribution in [0.4, 0.5) is 5.13 Å². The van der Waals surface area contributed by atoms with Crippen LogP contribution in [0.3, 0.4) is 0 Å². The molecule has 8 heteroatoms. The molecule has 0 aliphatic rings. The molecule has 6 nitrogen and oxygen atoms in total.